The Morgan fingerprint density at radius 3 is 1.05 bits per heavy atom. The van der Waals surface area contributed by atoms with E-state index in [0.717, 1.165) is 0 Å². The number of rotatable bonds is 4. The summed E-state index contributed by atoms with van der Waals surface area (Å²) in [5.74, 6) is 0. The summed E-state index contributed by atoms with van der Waals surface area (Å²) in [6.07, 6.45) is 0. The van der Waals surface area contributed by atoms with Gasteiger partial charge in [0.05, 0.1) is 0 Å². The topological polar surface area (TPSA) is 12.0 Å². The molecule has 0 aromatic heterocycles. The molecule has 0 fully saturated rings. The molecule has 1 N–H and O–H groups in total. The zero-order chi connectivity index (χ0) is 14.5. The van der Waals surface area contributed by atoms with Crippen LogP contribution in [-0.4, -0.2) is 7.05 Å². The van der Waals surface area contributed by atoms with Crippen molar-refractivity contribution in [3.05, 3.63) is 91.0 Å². The molecule has 0 spiro atoms. The molecule has 3 aromatic carbocycles. The van der Waals surface area contributed by atoms with Crippen LogP contribution < -0.4 is 21.0 Å². The summed E-state index contributed by atoms with van der Waals surface area (Å²) in [5.41, 5.74) is 0. The van der Waals surface area contributed by atoms with Crippen LogP contribution in [0.4, 0.5) is 0 Å². The van der Waals surface area contributed by atoms with Gasteiger partial charge in [0.25, 0.3) is 0 Å². The first-order valence-electron chi connectivity index (χ1n) is 7.23. The van der Waals surface area contributed by atoms with Crippen LogP contribution in [0.1, 0.15) is 0 Å². The van der Waals surface area contributed by atoms with Gasteiger partial charge in [-0.2, -0.15) is 0 Å². The van der Waals surface area contributed by atoms with Gasteiger partial charge in [-0.15, -0.1) is 17.0 Å². The van der Waals surface area contributed by atoms with Gasteiger partial charge < -0.3 is 0 Å². The zero-order valence-electron chi connectivity index (χ0n) is 12.6. The first-order chi connectivity index (χ1) is 10.4. The van der Waals surface area contributed by atoms with Gasteiger partial charge in [0.1, 0.15) is 0 Å². The summed E-state index contributed by atoms with van der Waals surface area (Å²) >= 11 is 0. The second-order valence-electron chi connectivity index (χ2n) is 5.10. The Morgan fingerprint density at radius 1 is 0.545 bits per heavy atom. The van der Waals surface area contributed by atoms with E-state index in [1.165, 1.54) is 15.9 Å². The molecule has 0 bridgehead atoms. The monoisotopic (exact) mass is 373 g/mol. The number of hydrogen-bond acceptors (Lipinski definition) is 1. The Kier molecular flexibility index (Phi) is 5.90. The van der Waals surface area contributed by atoms with E-state index in [9.17, 15) is 0 Å². The Hall–Kier alpha value is -1.47. The molecule has 1 nitrogen and oxygen atoms in total. The van der Waals surface area contributed by atoms with Crippen LogP contribution in [0.5, 0.6) is 0 Å². The molecule has 0 amide bonds. The molecule has 0 aliphatic heterocycles. The third-order valence-corrected chi connectivity index (χ3v) is 8.34. The van der Waals surface area contributed by atoms with Crippen molar-refractivity contribution in [2.75, 3.05) is 7.05 Å². The molecule has 22 heavy (non-hydrogen) atoms. The molecule has 0 heterocycles. The third-order valence-electron chi connectivity index (χ3n) is 4.00. The third kappa shape index (κ3) is 3.01. The van der Waals surface area contributed by atoms with Crippen molar-refractivity contribution in [3.63, 3.8) is 0 Å². The van der Waals surface area contributed by atoms with E-state index < -0.39 is 7.41 Å². The summed E-state index contributed by atoms with van der Waals surface area (Å²) in [7, 11) is -0.0652. The fraction of sp³-hybridized carbons (Fsp3) is 0.0526. The van der Waals surface area contributed by atoms with E-state index in [2.05, 4.69) is 103 Å². The Labute approximate surface area is 143 Å². The van der Waals surface area contributed by atoms with Crippen LogP contribution in [-0.2, 0) is 0 Å². The minimum atomic E-state index is -2.15. The quantitative estimate of drug-likeness (QED) is 0.690. The SMILES string of the molecule is Br.CN[PH](c1ccccc1)(c1ccccc1)c1ccccc1. The van der Waals surface area contributed by atoms with Crippen molar-refractivity contribution in [2.45, 2.75) is 0 Å². The summed E-state index contributed by atoms with van der Waals surface area (Å²) < 4.78 is 0. The average molecular weight is 374 g/mol. The summed E-state index contributed by atoms with van der Waals surface area (Å²) in [4.78, 5) is 0. The molecular formula is C19H21BrNP. The van der Waals surface area contributed by atoms with E-state index in [1.807, 2.05) is 0 Å². The van der Waals surface area contributed by atoms with Crippen molar-refractivity contribution in [1.29, 1.82) is 0 Å². The molecule has 3 heteroatoms. The molecule has 3 rings (SSSR count). The number of hydrogen-bond donors (Lipinski definition) is 1. The second kappa shape index (κ2) is 7.69. The van der Waals surface area contributed by atoms with Gasteiger partial charge in [-0.05, 0) is 0 Å². The van der Waals surface area contributed by atoms with Crippen LogP contribution >= 0.6 is 24.4 Å². The van der Waals surface area contributed by atoms with Crippen LogP contribution in [0.15, 0.2) is 91.0 Å². The summed E-state index contributed by atoms with van der Waals surface area (Å²) in [5, 5.41) is 7.84. The fourth-order valence-corrected chi connectivity index (χ4v) is 6.94. The van der Waals surface area contributed by atoms with E-state index >= 15 is 0 Å². The molecule has 0 saturated heterocycles. The summed E-state index contributed by atoms with van der Waals surface area (Å²) in [6, 6.07) is 32.4. The van der Waals surface area contributed by atoms with E-state index in [-0.39, 0.29) is 17.0 Å². The van der Waals surface area contributed by atoms with Crippen molar-refractivity contribution < 1.29 is 0 Å². The fourth-order valence-electron chi connectivity index (χ4n) is 3.00. The van der Waals surface area contributed by atoms with Crippen LogP contribution in [0.25, 0.3) is 0 Å². The Balaban J connectivity index is 0.00000176. The minimum absolute atomic E-state index is 0. The van der Waals surface area contributed by atoms with E-state index in [4.69, 9.17) is 0 Å². The molecule has 0 saturated carbocycles. The van der Waals surface area contributed by atoms with E-state index in [0.29, 0.717) is 0 Å². The van der Waals surface area contributed by atoms with Crippen molar-refractivity contribution in [2.24, 2.45) is 0 Å². The molecule has 0 radical (unpaired) electrons. The zero-order valence-corrected chi connectivity index (χ0v) is 15.3. The van der Waals surface area contributed by atoms with Gasteiger partial charge in [-0.1, -0.05) is 0 Å². The van der Waals surface area contributed by atoms with Gasteiger partial charge in [-0.3, -0.25) is 0 Å². The Bertz CT molecular complexity index is 590. The molecule has 0 aliphatic carbocycles. The first kappa shape index (κ1) is 16.9. The van der Waals surface area contributed by atoms with Gasteiger partial charge in [-0.25, -0.2) is 0 Å². The van der Waals surface area contributed by atoms with Crippen LogP contribution in [0.2, 0.25) is 0 Å². The maximum absolute atomic E-state index is 3.70. The maximum atomic E-state index is 3.70. The standard InChI is InChI=1S/C19H20NP.BrH/c1-20-21(17-11-5-2-6-12-17,18-13-7-3-8-14-18)19-15-9-4-10-16-19;/h2-16,20-21H,1H3;1H. The van der Waals surface area contributed by atoms with Crippen LogP contribution in [0, 0.1) is 0 Å². The number of nitrogens with one attached hydrogen (secondary N) is 1. The summed E-state index contributed by atoms with van der Waals surface area (Å²) in [6.45, 7) is 0. The predicted molar refractivity (Wildman–Crippen MR) is 106 cm³/mol. The molecule has 114 valence electrons. The molecule has 3 aromatic rings. The molecular weight excluding hydrogens is 353 g/mol. The van der Waals surface area contributed by atoms with Gasteiger partial charge in [0.15, 0.2) is 0 Å². The number of halogens is 1. The van der Waals surface area contributed by atoms with Crippen molar-refractivity contribution in [1.82, 2.24) is 5.09 Å². The Morgan fingerprint density at radius 2 is 0.818 bits per heavy atom. The molecule has 0 aliphatic rings. The molecule has 0 unspecified atom stereocenters. The van der Waals surface area contributed by atoms with Crippen molar-refractivity contribution in [3.8, 4) is 0 Å². The normalized spacial score (nSPS) is 11.5. The van der Waals surface area contributed by atoms with Crippen LogP contribution in [0.3, 0.4) is 0 Å². The number of benzene rings is 3. The predicted octanol–water partition coefficient (Wildman–Crippen LogP) is 3.43. The average Bonchev–Trinajstić information content (AvgIpc) is 2.59. The van der Waals surface area contributed by atoms with Gasteiger partial charge >= 0.3 is 126 Å². The first-order valence-corrected chi connectivity index (χ1v) is 9.23. The van der Waals surface area contributed by atoms with E-state index in [1.54, 1.807) is 0 Å². The van der Waals surface area contributed by atoms with Gasteiger partial charge in [0.2, 0.25) is 0 Å². The van der Waals surface area contributed by atoms with Gasteiger partial charge in [0, 0.05) is 0 Å². The molecule has 0 atom stereocenters. The second-order valence-corrected chi connectivity index (χ2v) is 8.83. The van der Waals surface area contributed by atoms with Crippen molar-refractivity contribution >= 4 is 40.3 Å².